The van der Waals surface area contributed by atoms with Crippen LogP contribution in [0.2, 0.25) is 0 Å². The van der Waals surface area contributed by atoms with Crippen molar-refractivity contribution in [2.45, 2.75) is 40.5 Å². The first kappa shape index (κ1) is 15.1. The molecule has 0 fully saturated rings. The van der Waals surface area contributed by atoms with Gasteiger partial charge in [-0.05, 0) is 13.8 Å². The summed E-state index contributed by atoms with van der Waals surface area (Å²) in [6.45, 7) is 14.8. The third-order valence-corrected chi connectivity index (χ3v) is 2.38. The van der Waals surface area contributed by atoms with Crippen LogP contribution in [-0.2, 0) is 14.3 Å². The number of carbonyl (C=O) groups is 1. The molecule has 4 nitrogen and oxygen atoms in total. The zero-order chi connectivity index (χ0) is 12.8. The quantitative estimate of drug-likeness (QED) is 0.381. The maximum Gasteiger partial charge on any atom is 0.336 e. The van der Waals surface area contributed by atoms with Crippen LogP contribution in [0.5, 0.6) is 0 Å². The maximum atomic E-state index is 11.5. The summed E-state index contributed by atoms with van der Waals surface area (Å²) in [5.74, 6) is -1.43. The van der Waals surface area contributed by atoms with Gasteiger partial charge in [0, 0.05) is 32.2 Å². The SMILES string of the molecule is C=C(C)C(=O)OC(C)(OCC)N(CC)CC. The normalized spacial score (nSPS) is 14.6. The largest absolute Gasteiger partial charge is 0.416 e. The minimum atomic E-state index is -1.01. The van der Waals surface area contributed by atoms with Crippen LogP contribution >= 0.6 is 0 Å². The second-order valence-corrected chi connectivity index (χ2v) is 3.67. The van der Waals surface area contributed by atoms with Crippen molar-refractivity contribution < 1.29 is 14.3 Å². The van der Waals surface area contributed by atoms with E-state index in [9.17, 15) is 4.79 Å². The van der Waals surface area contributed by atoms with Crippen molar-refractivity contribution in [3.63, 3.8) is 0 Å². The van der Waals surface area contributed by atoms with Gasteiger partial charge in [-0.1, -0.05) is 20.4 Å². The number of carbonyl (C=O) groups excluding carboxylic acids is 1. The fourth-order valence-electron chi connectivity index (χ4n) is 1.51. The van der Waals surface area contributed by atoms with Crippen molar-refractivity contribution in [1.82, 2.24) is 4.90 Å². The van der Waals surface area contributed by atoms with Crippen LogP contribution in [-0.4, -0.2) is 36.5 Å². The average Bonchev–Trinajstić information content (AvgIpc) is 2.19. The molecule has 0 aromatic heterocycles. The number of esters is 1. The Morgan fingerprint density at radius 3 is 2.12 bits per heavy atom. The van der Waals surface area contributed by atoms with Crippen LogP contribution < -0.4 is 0 Å². The van der Waals surface area contributed by atoms with Crippen LogP contribution in [0.15, 0.2) is 12.2 Å². The summed E-state index contributed by atoms with van der Waals surface area (Å²) < 4.78 is 10.9. The fraction of sp³-hybridized carbons (Fsp3) is 0.750. The highest BCUT2D eigenvalue weighted by molar-refractivity contribution is 5.87. The maximum absolute atomic E-state index is 11.5. The third-order valence-electron chi connectivity index (χ3n) is 2.38. The summed E-state index contributed by atoms with van der Waals surface area (Å²) in [4.78, 5) is 13.5. The van der Waals surface area contributed by atoms with E-state index in [-0.39, 0.29) is 0 Å². The predicted octanol–water partition coefficient (Wildman–Crippen LogP) is 2.16. The molecule has 0 bridgehead atoms. The van der Waals surface area contributed by atoms with E-state index in [2.05, 4.69) is 6.58 Å². The van der Waals surface area contributed by atoms with Crippen molar-refractivity contribution in [2.75, 3.05) is 19.7 Å². The highest BCUT2D eigenvalue weighted by atomic mass is 16.7. The molecule has 1 unspecified atom stereocenters. The minimum absolute atomic E-state index is 0.373. The van der Waals surface area contributed by atoms with Crippen molar-refractivity contribution in [3.05, 3.63) is 12.2 Å². The van der Waals surface area contributed by atoms with E-state index in [0.29, 0.717) is 12.2 Å². The summed E-state index contributed by atoms with van der Waals surface area (Å²) in [5.41, 5.74) is 0.373. The molecule has 94 valence electrons. The van der Waals surface area contributed by atoms with Crippen molar-refractivity contribution in [1.29, 1.82) is 0 Å². The van der Waals surface area contributed by atoms with Crippen molar-refractivity contribution >= 4 is 5.97 Å². The van der Waals surface area contributed by atoms with Gasteiger partial charge in [0.2, 0.25) is 0 Å². The van der Waals surface area contributed by atoms with Crippen LogP contribution in [0, 0.1) is 0 Å². The Morgan fingerprint density at radius 2 is 1.81 bits per heavy atom. The fourth-order valence-corrected chi connectivity index (χ4v) is 1.51. The lowest BCUT2D eigenvalue weighted by molar-refractivity contribution is -0.286. The predicted molar refractivity (Wildman–Crippen MR) is 63.9 cm³/mol. The van der Waals surface area contributed by atoms with Gasteiger partial charge in [-0.3, -0.25) is 0 Å². The highest BCUT2D eigenvalue weighted by Crippen LogP contribution is 2.19. The molecule has 0 rings (SSSR count). The Labute approximate surface area is 98.2 Å². The summed E-state index contributed by atoms with van der Waals surface area (Å²) >= 11 is 0. The van der Waals surface area contributed by atoms with E-state index >= 15 is 0 Å². The minimum Gasteiger partial charge on any atom is -0.416 e. The average molecular weight is 229 g/mol. The first-order valence-corrected chi connectivity index (χ1v) is 5.69. The van der Waals surface area contributed by atoms with Crippen LogP contribution in [0.4, 0.5) is 0 Å². The van der Waals surface area contributed by atoms with Crippen LogP contribution in [0.1, 0.15) is 34.6 Å². The molecule has 0 saturated carbocycles. The Balaban J connectivity index is 4.79. The van der Waals surface area contributed by atoms with Gasteiger partial charge in [0.1, 0.15) is 0 Å². The summed E-state index contributed by atoms with van der Waals surface area (Å²) in [6.07, 6.45) is 0. The van der Waals surface area contributed by atoms with Gasteiger partial charge in [0.05, 0.1) is 0 Å². The van der Waals surface area contributed by atoms with Gasteiger partial charge in [0.15, 0.2) is 0 Å². The van der Waals surface area contributed by atoms with E-state index in [1.54, 1.807) is 13.8 Å². The molecule has 0 radical (unpaired) electrons. The van der Waals surface area contributed by atoms with Gasteiger partial charge in [-0.15, -0.1) is 0 Å². The lowest BCUT2D eigenvalue weighted by atomic mass is 10.3. The molecule has 0 N–H and O–H groups in total. The molecule has 0 aromatic carbocycles. The molecular weight excluding hydrogens is 206 g/mol. The van der Waals surface area contributed by atoms with E-state index in [1.165, 1.54) is 0 Å². The zero-order valence-electron chi connectivity index (χ0n) is 11.0. The van der Waals surface area contributed by atoms with E-state index < -0.39 is 11.9 Å². The van der Waals surface area contributed by atoms with Gasteiger partial charge < -0.3 is 9.47 Å². The number of rotatable bonds is 7. The molecule has 1 atom stereocenters. The van der Waals surface area contributed by atoms with E-state index in [4.69, 9.17) is 9.47 Å². The van der Waals surface area contributed by atoms with E-state index in [1.807, 2.05) is 25.7 Å². The smallest absolute Gasteiger partial charge is 0.336 e. The first-order chi connectivity index (χ1) is 7.41. The monoisotopic (exact) mass is 229 g/mol. The molecule has 0 amide bonds. The number of hydrogen-bond acceptors (Lipinski definition) is 4. The second kappa shape index (κ2) is 6.66. The number of nitrogens with zero attached hydrogens (tertiary/aromatic N) is 1. The Morgan fingerprint density at radius 1 is 1.31 bits per heavy atom. The molecule has 0 aromatic rings. The van der Waals surface area contributed by atoms with Crippen molar-refractivity contribution in [3.8, 4) is 0 Å². The topological polar surface area (TPSA) is 38.8 Å². The Bertz CT molecular complexity index is 249. The molecule has 16 heavy (non-hydrogen) atoms. The summed E-state index contributed by atoms with van der Waals surface area (Å²) in [6, 6.07) is 0. The van der Waals surface area contributed by atoms with Crippen molar-refractivity contribution in [2.24, 2.45) is 0 Å². The van der Waals surface area contributed by atoms with Gasteiger partial charge in [-0.25, -0.2) is 9.69 Å². The molecule has 0 spiro atoms. The molecule has 0 heterocycles. The molecule has 0 aliphatic rings. The zero-order valence-corrected chi connectivity index (χ0v) is 11.0. The lowest BCUT2D eigenvalue weighted by Gasteiger charge is -2.38. The van der Waals surface area contributed by atoms with Crippen LogP contribution in [0.3, 0.4) is 0 Å². The standard InChI is InChI=1S/C12H23NO3/c1-7-13(8-2)12(6,15-9-3)16-11(14)10(4)5/h4,7-9H2,1-3,5-6H3. The van der Waals surface area contributed by atoms with E-state index in [0.717, 1.165) is 13.1 Å². The Hall–Kier alpha value is -0.870. The van der Waals surface area contributed by atoms with Gasteiger partial charge in [-0.2, -0.15) is 0 Å². The Kier molecular flexibility index (Phi) is 6.29. The third kappa shape index (κ3) is 3.94. The molecule has 0 aliphatic heterocycles. The highest BCUT2D eigenvalue weighted by Gasteiger charge is 2.35. The second-order valence-electron chi connectivity index (χ2n) is 3.67. The van der Waals surface area contributed by atoms with Gasteiger partial charge in [0.25, 0.3) is 5.91 Å². The molecule has 0 saturated heterocycles. The first-order valence-electron chi connectivity index (χ1n) is 5.69. The summed E-state index contributed by atoms with van der Waals surface area (Å²) in [7, 11) is 0. The molecule has 0 aliphatic carbocycles. The van der Waals surface area contributed by atoms with Gasteiger partial charge >= 0.3 is 5.97 Å². The molecule has 4 heteroatoms. The molecular formula is C12H23NO3. The van der Waals surface area contributed by atoms with Crippen LogP contribution in [0.25, 0.3) is 0 Å². The number of ether oxygens (including phenoxy) is 2. The number of hydrogen-bond donors (Lipinski definition) is 0. The summed E-state index contributed by atoms with van der Waals surface area (Å²) in [5, 5.41) is 0. The lowest BCUT2D eigenvalue weighted by Crippen LogP contribution is -2.51.